The van der Waals surface area contributed by atoms with Crippen molar-refractivity contribution in [2.24, 2.45) is 0 Å². The Labute approximate surface area is 82.1 Å². The van der Waals surface area contributed by atoms with Crippen LogP contribution < -0.4 is 0 Å². The molecule has 0 saturated carbocycles. The van der Waals surface area contributed by atoms with E-state index in [0.29, 0.717) is 11.1 Å². The van der Waals surface area contributed by atoms with E-state index in [1.165, 1.54) is 0 Å². The molecular weight excluding hydrogens is 184 g/mol. The molecule has 0 aromatic carbocycles. The Morgan fingerprint density at radius 1 is 1.29 bits per heavy atom. The lowest BCUT2D eigenvalue weighted by atomic mass is 9.87. The molecule has 0 bridgehead atoms. The van der Waals surface area contributed by atoms with Gasteiger partial charge in [0, 0.05) is 0 Å². The molecule has 0 spiro atoms. The molecule has 0 amide bonds. The molecule has 1 aliphatic heterocycles. The van der Waals surface area contributed by atoms with Gasteiger partial charge in [-0.2, -0.15) is 0 Å². The summed E-state index contributed by atoms with van der Waals surface area (Å²) in [6.07, 6.45) is 1.34. The van der Waals surface area contributed by atoms with Gasteiger partial charge in [-0.15, -0.1) is 0 Å². The van der Waals surface area contributed by atoms with Crippen molar-refractivity contribution in [1.29, 1.82) is 0 Å². The van der Waals surface area contributed by atoms with Crippen LogP contribution in [0, 0.1) is 0 Å². The minimum Gasteiger partial charge on any atom is -0.392 e. The maximum absolute atomic E-state index is 9.77. The van der Waals surface area contributed by atoms with Gasteiger partial charge in [-0.05, 0) is 18.1 Å². The molecule has 4 heteroatoms. The molecule has 3 N–H and O–H groups in total. The lowest BCUT2D eigenvalue weighted by Crippen LogP contribution is -2.35. The molecule has 0 unspecified atom stereocenters. The van der Waals surface area contributed by atoms with E-state index in [-0.39, 0.29) is 18.8 Å². The van der Waals surface area contributed by atoms with Gasteiger partial charge in [0.25, 0.3) is 0 Å². The molecule has 0 radical (unpaired) electrons. The summed E-state index contributed by atoms with van der Waals surface area (Å²) < 4.78 is 5.12. The van der Waals surface area contributed by atoms with Crippen LogP contribution in [0.2, 0.25) is 0 Å². The van der Waals surface area contributed by atoms with E-state index in [9.17, 15) is 10.2 Å². The van der Waals surface area contributed by atoms with Crippen molar-refractivity contribution in [3.63, 3.8) is 0 Å². The van der Waals surface area contributed by atoms with Crippen molar-refractivity contribution in [2.45, 2.75) is 31.3 Å². The number of fused-ring (bicyclic) bond motifs is 1. The highest BCUT2D eigenvalue weighted by Gasteiger charge is 2.54. The van der Waals surface area contributed by atoms with Crippen molar-refractivity contribution in [2.75, 3.05) is 6.61 Å². The Balaban J connectivity index is 2.36. The summed E-state index contributed by atoms with van der Waals surface area (Å²) in [5, 5.41) is 28.6. The summed E-state index contributed by atoms with van der Waals surface area (Å²) >= 11 is 0. The van der Waals surface area contributed by atoms with E-state index in [0.717, 1.165) is 0 Å². The third kappa shape index (κ3) is 1.31. The molecule has 0 aromatic heterocycles. The highest BCUT2D eigenvalue weighted by molar-refractivity contribution is 5.39. The smallest absolute Gasteiger partial charge is 0.117 e. The predicted octanol–water partition coefficient (Wildman–Crippen LogP) is -0.646. The number of rotatable bonds is 2. The Bertz CT molecular complexity index is 294. The largest absolute Gasteiger partial charge is 0.392 e. The maximum Gasteiger partial charge on any atom is 0.117 e. The number of epoxide rings is 1. The number of aliphatic hydroxyl groups excluding tert-OH is 3. The Hall–Kier alpha value is -0.680. The fourth-order valence-electron chi connectivity index (χ4n) is 1.95. The Morgan fingerprint density at radius 2 is 1.93 bits per heavy atom. The molecule has 2 rings (SSSR count). The minimum absolute atomic E-state index is 0.246. The minimum atomic E-state index is -0.778. The molecular formula is C10H14O4. The van der Waals surface area contributed by atoms with Gasteiger partial charge in [-0.3, -0.25) is 0 Å². The van der Waals surface area contributed by atoms with Crippen molar-refractivity contribution in [3.8, 4) is 0 Å². The summed E-state index contributed by atoms with van der Waals surface area (Å²) in [7, 11) is 0. The van der Waals surface area contributed by atoms with Crippen LogP contribution in [-0.4, -0.2) is 46.3 Å². The summed E-state index contributed by atoms with van der Waals surface area (Å²) in [5.41, 5.74) is 1.05. The van der Waals surface area contributed by atoms with Gasteiger partial charge < -0.3 is 20.1 Å². The van der Waals surface area contributed by atoms with Crippen LogP contribution in [0.1, 0.15) is 6.92 Å². The van der Waals surface area contributed by atoms with Crippen molar-refractivity contribution < 1.29 is 20.1 Å². The SMILES string of the molecule is C/C=C\C1=C(CO)[C@H](O)[C@H]2O[C@H]2[C@@H]1O. The first-order chi connectivity index (χ1) is 6.70. The zero-order valence-electron chi connectivity index (χ0n) is 7.92. The van der Waals surface area contributed by atoms with Crippen LogP contribution in [0.25, 0.3) is 0 Å². The molecule has 4 nitrogen and oxygen atoms in total. The van der Waals surface area contributed by atoms with Crippen molar-refractivity contribution in [3.05, 3.63) is 23.3 Å². The molecule has 4 atom stereocenters. The second kappa shape index (κ2) is 3.47. The molecule has 1 saturated heterocycles. The predicted molar refractivity (Wildman–Crippen MR) is 49.6 cm³/mol. The second-order valence-electron chi connectivity index (χ2n) is 3.59. The molecule has 1 heterocycles. The zero-order chi connectivity index (χ0) is 10.3. The van der Waals surface area contributed by atoms with Crippen LogP contribution in [-0.2, 0) is 4.74 Å². The maximum atomic E-state index is 9.77. The molecule has 0 aromatic rings. The topological polar surface area (TPSA) is 73.2 Å². The second-order valence-corrected chi connectivity index (χ2v) is 3.59. The molecule has 1 fully saturated rings. The fraction of sp³-hybridized carbons (Fsp3) is 0.600. The first-order valence-corrected chi connectivity index (χ1v) is 4.68. The Kier molecular flexibility index (Phi) is 2.45. The first-order valence-electron chi connectivity index (χ1n) is 4.68. The molecule has 14 heavy (non-hydrogen) atoms. The zero-order valence-corrected chi connectivity index (χ0v) is 7.92. The average molecular weight is 198 g/mol. The third-order valence-corrected chi connectivity index (χ3v) is 2.75. The standard InChI is InChI=1S/C10H14O4/c1-2-3-5-6(4-11)8(13)10-9(14-10)7(5)12/h2-3,7-13H,4H2,1H3/b3-2-/t7-,8+,9+,10-/m1/s1. The van der Waals surface area contributed by atoms with Crippen LogP contribution in [0.15, 0.2) is 23.3 Å². The quantitative estimate of drug-likeness (QED) is 0.516. The number of ether oxygens (including phenoxy) is 1. The van der Waals surface area contributed by atoms with Gasteiger partial charge in [-0.1, -0.05) is 12.2 Å². The normalized spacial score (nSPS) is 41.7. The van der Waals surface area contributed by atoms with Crippen molar-refractivity contribution >= 4 is 0 Å². The number of aliphatic hydroxyl groups is 3. The van der Waals surface area contributed by atoms with Gasteiger partial charge >= 0.3 is 0 Å². The number of hydrogen-bond donors (Lipinski definition) is 3. The van der Waals surface area contributed by atoms with Gasteiger partial charge in [0.05, 0.1) is 6.61 Å². The van der Waals surface area contributed by atoms with E-state index in [1.807, 2.05) is 6.92 Å². The Morgan fingerprint density at radius 3 is 2.50 bits per heavy atom. The van der Waals surface area contributed by atoms with Crippen LogP contribution in [0.4, 0.5) is 0 Å². The summed E-state index contributed by atoms with van der Waals surface area (Å²) in [6.45, 7) is 1.57. The fourth-order valence-corrected chi connectivity index (χ4v) is 1.95. The first kappa shape index (κ1) is 9.86. The van der Waals surface area contributed by atoms with E-state index >= 15 is 0 Å². The van der Waals surface area contributed by atoms with E-state index in [1.54, 1.807) is 12.2 Å². The van der Waals surface area contributed by atoms with E-state index in [4.69, 9.17) is 9.84 Å². The molecule has 1 aliphatic carbocycles. The van der Waals surface area contributed by atoms with E-state index in [2.05, 4.69) is 0 Å². The van der Waals surface area contributed by atoms with Gasteiger partial charge in [-0.25, -0.2) is 0 Å². The van der Waals surface area contributed by atoms with Crippen LogP contribution in [0.3, 0.4) is 0 Å². The van der Waals surface area contributed by atoms with Crippen LogP contribution >= 0.6 is 0 Å². The lowest BCUT2D eigenvalue weighted by molar-refractivity contribution is 0.141. The average Bonchev–Trinajstić information content (AvgIpc) is 2.94. The van der Waals surface area contributed by atoms with Crippen LogP contribution in [0.5, 0.6) is 0 Å². The van der Waals surface area contributed by atoms with Gasteiger partial charge in [0.15, 0.2) is 0 Å². The highest BCUT2D eigenvalue weighted by atomic mass is 16.6. The monoisotopic (exact) mass is 198 g/mol. The number of allylic oxidation sites excluding steroid dienone is 1. The third-order valence-electron chi connectivity index (χ3n) is 2.75. The summed E-state index contributed by atoms with van der Waals surface area (Å²) in [4.78, 5) is 0. The summed E-state index contributed by atoms with van der Waals surface area (Å²) in [6, 6.07) is 0. The number of hydrogen-bond acceptors (Lipinski definition) is 4. The van der Waals surface area contributed by atoms with Gasteiger partial charge in [0.2, 0.25) is 0 Å². The van der Waals surface area contributed by atoms with Gasteiger partial charge in [0.1, 0.15) is 24.4 Å². The lowest BCUT2D eigenvalue weighted by Gasteiger charge is -2.23. The van der Waals surface area contributed by atoms with Crippen molar-refractivity contribution in [1.82, 2.24) is 0 Å². The van der Waals surface area contributed by atoms with E-state index < -0.39 is 12.2 Å². The molecule has 78 valence electrons. The highest BCUT2D eigenvalue weighted by Crippen LogP contribution is 2.40. The molecule has 2 aliphatic rings. The summed E-state index contributed by atoms with van der Waals surface area (Å²) in [5.74, 6) is 0.